The maximum Gasteiger partial charge on any atom is 0.101 e. The normalized spacial score (nSPS) is 17.4. The molecule has 0 saturated carbocycles. The lowest BCUT2D eigenvalue weighted by atomic mass is 9.92. The van der Waals surface area contributed by atoms with Crippen molar-refractivity contribution >= 4 is 21.6 Å². The van der Waals surface area contributed by atoms with Gasteiger partial charge in [0.15, 0.2) is 0 Å². The highest BCUT2D eigenvalue weighted by atomic mass is 79.9. The van der Waals surface area contributed by atoms with E-state index in [1.807, 2.05) is 36.1 Å². The van der Waals surface area contributed by atoms with Gasteiger partial charge in [0.05, 0.1) is 23.5 Å². The number of nitrogens with one attached hydrogen (secondary N) is 1. The Kier molecular flexibility index (Phi) is 3.49. The molecule has 0 aliphatic heterocycles. The largest absolute Gasteiger partial charge is 0.377 e. The molecule has 1 aromatic carbocycles. The second kappa shape index (κ2) is 5.29. The molecule has 2 aromatic rings. The number of halogens is 1. The number of anilines is 1. The van der Waals surface area contributed by atoms with Gasteiger partial charge >= 0.3 is 0 Å². The van der Waals surface area contributed by atoms with Crippen LogP contribution in [0.5, 0.6) is 0 Å². The van der Waals surface area contributed by atoms with E-state index in [1.165, 1.54) is 11.3 Å². The van der Waals surface area contributed by atoms with Gasteiger partial charge in [0, 0.05) is 22.8 Å². The Labute approximate surface area is 126 Å². The number of aryl methyl sites for hydroxylation is 1. The molecule has 3 rings (SSSR count). The third-order valence-corrected chi connectivity index (χ3v) is 4.30. The first kappa shape index (κ1) is 13.2. The van der Waals surface area contributed by atoms with Crippen molar-refractivity contribution < 1.29 is 0 Å². The summed E-state index contributed by atoms with van der Waals surface area (Å²) in [5.74, 6) is 0. The summed E-state index contributed by atoms with van der Waals surface area (Å²) in [7, 11) is 1.99. The quantitative estimate of drug-likeness (QED) is 0.916. The number of nitrogens with zero attached hydrogens (tertiary/aromatic N) is 3. The van der Waals surface area contributed by atoms with Crippen molar-refractivity contribution in [2.75, 3.05) is 5.32 Å². The van der Waals surface area contributed by atoms with Crippen LogP contribution < -0.4 is 5.32 Å². The van der Waals surface area contributed by atoms with Crippen molar-refractivity contribution in [2.24, 2.45) is 7.05 Å². The van der Waals surface area contributed by atoms with Crippen LogP contribution in [0.15, 0.2) is 28.9 Å². The number of nitriles is 1. The summed E-state index contributed by atoms with van der Waals surface area (Å²) in [6.07, 6.45) is 5.23. The highest BCUT2D eigenvalue weighted by Gasteiger charge is 2.23. The predicted octanol–water partition coefficient (Wildman–Crippen LogP) is 3.54. The minimum Gasteiger partial charge on any atom is -0.377 e. The van der Waals surface area contributed by atoms with Crippen LogP contribution in [0.2, 0.25) is 0 Å². The van der Waals surface area contributed by atoms with E-state index in [-0.39, 0.29) is 6.04 Å². The maximum atomic E-state index is 9.24. The smallest absolute Gasteiger partial charge is 0.101 e. The van der Waals surface area contributed by atoms with Gasteiger partial charge < -0.3 is 5.32 Å². The Morgan fingerprint density at radius 2 is 2.35 bits per heavy atom. The van der Waals surface area contributed by atoms with Gasteiger partial charge in [-0.25, -0.2) is 0 Å². The monoisotopic (exact) mass is 330 g/mol. The molecular formula is C15H15BrN4. The number of hydrogen-bond acceptors (Lipinski definition) is 3. The van der Waals surface area contributed by atoms with Gasteiger partial charge in [-0.05, 0) is 37.5 Å². The van der Waals surface area contributed by atoms with E-state index in [9.17, 15) is 5.26 Å². The molecule has 1 aliphatic rings. The first-order valence-electron chi connectivity index (χ1n) is 6.66. The molecule has 1 heterocycles. The topological polar surface area (TPSA) is 53.6 Å². The summed E-state index contributed by atoms with van der Waals surface area (Å²) in [5.41, 5.74) is 4.10. The van der Waals surface area contributed by atoms with Crippen LogP contribution >= 0.6 is 15.9 Å². The van der Waals surface area contributed by atoms with E-state index in [1.54, 1.807) is 0 Å². The van der Waals surface area contributed by atoms with Crippen molar-refractivity contribution in [2.45, 2.75) is 25.3 Å². The molecule has 0 amide bonds. The van der Waals surface area contributed by atoms with Gasteiger partial charge in [-0.15, -0.1) is 0 Å². The highest BCUT2D eigenvalue weighted by Crippen LogP contribution is 2.33. The average molecular weight is 331 g/mol. The molecule has 1 aromatic heterocycles. The van der Waals surface area contributed by atoms with Gasteiger partial charge in [0.25, 0.3) is 0 Å². The zero-order chi connectivity index (χ0) is 14.1. The van der Waals surface area contributed by atoms with E-state index in [2.05, 4.69) is 32.4 Å². The van der Waals surface area contributed by atoms with Crippen LogP contribution in [0, 0.1) is 11.3 Å². The Balaban J connectivity index is 1.92. The van der Waals surface area contributed by atoms with Crippen LogP contribution in [0.3, 0.4) is 0 Å². The Morgan fingerprint density at radius 1 is 1.50 bits per heavy atom. The summed E-state index contributed by atoms with van der Waals surface area (Å²) < 4.78 is 2.88. The fourth-order valence-electron chi connectivity index (χ4n) is 2.78. The SMILES string of the molecule is Cn1ncc2c1CCCC2Nc1ccc(Br)cc1C#N. The molecular weight excluding hydrogens is 316 g/mol. The highest BCUT2D eigenvalue weighted by molar-refractivity contribution is 9.10. The van der Waals surface area contributed by atoms with Gasteiger partial charge in [-0.3, -0.25) is 4.68 Å². The van der Waals surface area contributed by atoms with Crippen LogP contribution in [0.25, 0.3) is 0 Å². The van der Waals surface area contributed by atoms with Crippen molar-refractivity contribution in [3.8, 4) is 6.07 Å². The fourth-order valence-corrected chi connectivity index (χ4v) is 3.14. The lowest BCUT2D eigenvalue weighted by molar-refractivity contribution is 0.571. The van der Waals surface area contributed by atoms with E-state index in [0.717, 1.165) is 29.4 Å². The Hall–Kier alpha value is -1.80. The summed E-state index contributed by atoms with van der Waals surface area (Å²) in [6, 6.07) is 8.23. The number of fused-ring (bicyclic) bond motifs is 1. The summed E-state index contributed by atoms with van der Waals surface area (Å²) in [4.78, 5) is 0. The molecule has 0 spiro atoms. The first-order chi connectivity index (χ1) is 9.69. The van der Waals surface area contributed by atoms with Crippen LogP contribution in [0.1, 0.15) is 35.7 Å². The third-order valence-electron chi connectivity index (χ3n) is 3.81. The molecule has 5 heteroatoms. The van der Waals surface area contributed by atoms with E-state index < -0.39 is 0 Å². The molecule has 1 unspecified atom stereocenters. The number of benzene rings is 1. The third kappa shape index (κ3) is 2.32. The summed E-state index contributed by atoms with van der Waals surface area (Å²) in [6.45, 7) is 0. The zero-order valence-electron chi connectivity index (χ0n) is 11.2. The van der Waals surface area contributed by atoms with Crippen molar-refractivity contribution in [1.29, 1.82) is 5.26 Å². The summed E-state index contributed by atoms with van der Waals surface area (Å²) >= 11 is 3.40. The molecule has 1 atom stereocenters. The van der Waals surface area contributed by atoms with Crippen LogP contribution in [-0.4, -0.2) is 9.78 Å². The lowest BCUT2D eigenvalue weighted by Crippen LogP contribution is -2.18. The van der Waals surface area contributed by atoms with Gasteiger partial charge in [-0.2, -0.15) is 10.4 Å². The first-order valence-corrected chi connectivity index (χ1v) is 7.45. The minimum absolute atomic E-state index is 0.237. The van der Waals surface area contributed by atoms with E-state index in [0.29, 0.717) is 5.56 Å². The zero-order valence-corrected chi connectivity index (χ0v) is 12.8. The number of rotatable bonds is 2. The van der Waals surface area contributed by atoms with Gasteiger partial charge in [-0.1, -0.05) is 15.9 Å². The molecule has 4 nitrogen and oxygen atoms in total. The van der Waals surface area contributed by atoms with E-state index >= 15 is 0 Å². The van der Waals surface area contributed by atoms with Crippen molar-refractivity contribution in [1.82, 2.24) is 9.78 Å². The molecule has 0 saturated heterocycles. The number of aromatic nitrogens is 2. The van der Waals surface area contributed by atoms with E-state index in [4.69, 9.17) is 0 Å². The molecule has 1 aliphatic carbocycles. The molecule has 1 N–H and O–H groups in total. The Bertz CT molecular complexity index is 684. The maximum absolute atomic E-state index is 9.24. The predicted molar refractivity (Wildman–Crippen MR) is 81.4 cm³/mol. The minimum atomic E-state index is 0.237. The Morgan fingerprint density at radius 3 is 3.15 bits per heavy atom. The lowest BCUT2D eigenvalue weighted by Gasteiger charge is -2.25. The summed E-state index contributed by atoms with van der Waals surface area (Å²) in [5, 5.41) is 17.1. The fraction of sp³-hybridized carbons (Fsp3) is 0.333. The van der Waals surface area contributed by atoms with Crippen molar-refractivity contribution in [3.63, 3.8) is 0 Å². The molecule has 102 valence electrons. The van der Waals surface area contributed by atoms with Crippen LogP contribution in [0.4, 0.5) is 5.69 Å². The molecule has 20 heavy (non-hydrogen) atoms. The second-order valence-corrected chi connectivity index (χ2v) is 5.98. The average Bonchev–Trinajstić information content (AvgIpc) is 2.84. The molecule has 0 fully saturated rings. The van der Waals surface area contributed by atoms with Crippen LogP contribution in [-0.2, 0) is 13.5 Å². The van der Waals surface area contributed by atoms with Gasteiger partial charge in [0.1, 0.15) is 6.07 Å². The second-order valence-electron chi connectivity index (χ2n) is 5.06. The van der Waals surface area contributed by atoms with Crippen molar-refractivity contribution in [3.05, 3.63) is 45.7 Å². The molecule has 0 bridgehead atoms. The standard InChI is InChI=1S/C15H15BrN4/c1-20-15-4-2-3-14(12(15)9-18-20)19-13-6-5-11(16)7-10(13)8-17/h5-7,9,14,19H,2-4H2,1H3. The number of hydrogen-bond donors (Lipinski definition) is 1. The van der Waals surface area contributed by atoms with Gasteiger partial charge in [0.2, 0.25) is 0 Å². The molecule has 0 radical (unpaired) electrons.